The minimum Gasteiger partial charge on any atom is -0.366 e. The van der Waals surface area contributed by atoms with E-state index in [2.05, 4.69) is 9.88 Å². The van der Waals surface area contributed by atoms with E-state index in [9.17, 15) is 9.18 Å². The Morgan fingerprint density at radius 1 is 1.19 bits per heavy atom. The number of carbonyl (C=O) groups excluding carboxylic acids is 1. The number of anilines is 1. The van der Waals surface area contributed by atoms with E-state index in [4.69, 9.17) is 17.3 Å². The Bertz CT molecular complexity index is 975. The number of halogens is 2. The summed E-state index contributed by atoms with van der Waals surface area (Å²) >= 11 is 6.14. The van der Waals surface area contributed by atoms with Gasteiger partial charge in [0.25, 0.3) is 0 Å². The van der Waals surface area contributed by atoms with Gasteiger partial charge in [0, 0.05) is 24.0 Å². The molecule has 27 heavy (non-hydrogen) atoms. The number of carbonyl (C=O) groups is 1. The first-order valence-corrected chi connectivity index (χ1v) is 9.49. The summed E-state index contributed by atoms with van der Waals surface area (Å²) in [5.74, 6) is 0.924. The van der Waals surface area contributed by atoms with Gasteiger partial charge in [0.05, 0.1) is 10.6 Å². The molecule has 4 rings (SSSR count). The molecule has 4 nitrogen and oxygen atoms in total. The maximum absolute atomic E-state index is 13.0. The molecule has 0 radical (unpaired) electrons. The van der Waals surface area contributed by atoms with E-state index in [1.165, 1.54) is 17.7 Å². The average Bonchev–Trinajstić information content (AvgIpc) is 3.06. The molecule has 2 aromatic carbocycles. The SMILES string of the molecule is NC(=O)c1cc2cc(N3CCC(Cc4ccc(F)cc4)CC3)[nH]c2cc1Cl. The van der Waals surface area contributed by atoms with E-state index >= 15 is 0 Å². The predicted molar refractivity (Wildman–Crippen MR) is 107 cm³/mol. The van der Waals surface area contributed by atoms with E-state index < -0.39 is 5.91 Å². The van der Waals surface area contributed by atoms with Crippen molar-refractivity contribution in [2.45, 2.75) is 19.3 Å². The number of hydrogen-bond acceptors (Lipinski definition) is 2. The fourth-order valence-corrected chi connectivity index (χ4v) is 4.09. The van der Waals surface area contributed by atoms with E-state index in [0.29, 0.717) is 16.5 Å². The summed E-state index contributed by atoms with van der Waals surface area (Å²) in [6, 6.07) is 12.3. The van der Waals surface area contributed by atoms with Crippen LogP contribution in [0.3, 0.4) is 0 Å². The molecular formula is C21H21ClFN3O. The molecule has 3 aromatic rings. The lowest BCUT2D eigenvalue weighted by molar-refractivity contribution is 0.100. The Morgan fingerprint density at radius 2 is 1.89 bits per heavy atom. The molecule has 0 spiro atoms. The maximum atomic E-state index is 13.0. The molecule has 1 fully saturated rings. The number of H-pyrrole nitrogens is 1. The van der Waals surface area contributed by atoms with Gasteiger partial charge >= 0.3 is 0 Å². The van der Waals surface area contributed by atoms with Crippen molar-refractivity contribution in [1.29, 1.82) is 0 Å². The van der Waals surface area contributed by atoms with Crippen molar-refractivity contribution >= 4 is 34.2 Å². The largest absolute Gasteiger partial charge is 0.366 e. The normalized spacial score (nSPS) is 15.4. The van der Waals surface area contributed by atoms with Gasteiger partial charge in [0.1, 0.15) is 11.6 Å². The molecular weight excluding hydrogens is 365 g/mol. The summed E-state index contributed by atoms with van der Waals surface area (Å²) in [5, 5.41) is 1.29. The molecule has 140 valence electrons. The molecule has 1 aliphatic rings. The van der Waals surface area contributed by atoms with E-state index in [1.807, 2.05) is 18.2 Å². The van der Waals surface area contributed by atoms with Crippen LogP contribution in [-0.2, 0) is 6.42 Å². The van der Waals surface area contributed by atoms with E-state index in [-0.39, 0.29) is 5.82 Å². The lowest BCUT2D eigenvalue weighted by Gasteiger charge is -2.32. The molecule has 1 aromatic heterocycles. The molecule has 1 aliphatic heterocycles. The van der Waals surface area contributed by atoms with Crippen LogP contribution in [0.2, 0.25) is 5.02 Å². The lowest BCUT2D eigenvalue weighted by Crippen LogP contribution is -2.34. The van der Waals surface area contributed by atoms with Gasteiger partial charge in [-0.05, 0) is 61.1 Å². The number of nitrogens with two attached hydrogens (primary N) is 1. The number of piperidine rings is 1. The number of nitrogens with one attached hydrogen (secondary N) is 1. The Hall–Kier alpha value is -2.53. The quantitative estimate of drug-likeness (QED) is 0.693. The number of aromatic nitrogens is 1. The number of hydrogen-bond donors (Lipinski definition) is 2. The summed E-state index contributed by atoms with van der Waals surface area (Å²) in [5.41, 5.74) is 7.80. The molecule has 1 amide bonds. The highest BCUT2D eigenvalue weighted by Crippen LogP contribution is 2.30. The monoisotopic (exact) mass is 385 g/mol. The van der Waals surface area contributed by atoms with Gasteiger partial charge in [-0.25, -0.2) is 4.39 Å². The lowest BCUT2D eigenvalue weighted by atomic mass is 9.90. The second-order valence-electron chi connectivity index (χ2n) is 7.20. The number of benzene rings is 2. The number of aromatic amines is 1. The molecule has 0 bridgehead atoms. The van der Waals surface area contributed by atoms with Crippen molar-refractivity contribution in [1.82, 2.24) is 4.98 Å². The van der Waals surface area contributed by atoms with Gasteiger partial charge in [0.15, 0.2) is 0 Å². The number of fused-ring (bicyclic) bond motifs is 1. The van der Waals surface area contributed by atoms with Gasteiger partial charge in [-0.1, -0.05) is 23.7 Å². The molecule has 2 heterocycles. The van der Waals surface area contributed by atoms with Crippen LogP contribution in [-0.4, -0.2) is 24.0 Å². The van der Waals surface area contributed by atoms with Crippen LogP contribution < -0.4 is 10.6 Å². The summed E-state index contributed by atoms with van der Waals surface area (Å²) in [6.07, 6.45) is 3.15. The zero-order chi connectivity index (χ0) is 19.0. The fourth-order valence-electron chi connectivity index (χ4n) is 3.83. The van der Waals surface area contributed by atoms with Crippen LogP contribution in [0, 0.1) is 11.7 Å². The van der Waals surface area contributed by atoms with Crippen molar-refractivity contribution in [3.63, 3.8) is 0 Å². The molecule has 3 N–H and O–H groups in total. The summed E-state index contributed by atoms with van der Waals surface area (Å²) in [7, 11) is 0. The number of nitrogens with zero attached hydrogens (tertiary/aromatic N) is 1. The van der Waals surface area contributed by atoms with Gasteiger partial charge in [0.2, 0.25) is 5.91 Å². The van der Waals surface area contributed by atoms with Crippen LogP contribution >= 0.6 is 11.6 Å². The second kappa shape index (κ2) is 7.24. The van der Waals surface area contributed by atoms with Crippen LogP contribution in [0.25, 0.3) is 10.9 Å². The van der Waals surface area contributed by atoms with Crippen LogP contribution in [0.15, 0.2) is 42.5 Å². The highest BCUT2D eigenvalue weighted by Gasteiger charge is 2.21. The number of rotatable bonds is 4. The Labute approximate surface area is 162 Å². The van der Waals surface area contributed by atoms with Crippen molar-refractivity contribution in [3.05, 3.63) is 64.4 Å². The van der Waals surface area contributed by atoms with E-state index in [0.717, 1.165) is 49.1 Å². The topological polar surface area (TPSA) is 62.1 Å². The third kappa shape index (κ3) is 3.78. The van der Waals surface area contributed by atoms with Crippen molar-refractivity contribution in [2.75, 3.05) is 18.0 Å². The Balaban J connectivity index is 1.44. The predicted octanol–water partition coefficient (Wildman–Crippen LogP) is 4.52. The molecule has 0 atom stereocenters. The average molecular weight is 386 g/mol. The van der Waals surface area contributed by atoms with Crippen LogP contribution in [0.4, 0.5) is 10.2 Å². The maximum Gasteiger partial charge on any atom is 0.250 e. The summed E-state index contributed by atoms with van der Waals surface area (Å²) < 4.78 is 13.0. The van der Waals surface area contributed by atoms with Crippen LogP contribution in [0.5, 0.6) is 0 Å². The summed E-state index contributed by atoms with van der Waals surface area (Å²) in [6.45, 7) is 1.91. The van der Waals surface area contributed by atoms with Crippen LogP contribution in [0.1, 0.15) is 28.8 Å². The zero-order valence-electron chi connectivity index (χ0n) is 14.8. The number of amides is 1. The third-order valence-electron chi connectivity index (χ3n) is 5.35. The smallest absolute Gasteiger partial charge is 0.250 e. The number of primary amides is 1. The van der Waals surface area contributed by atoms with Gasteiger partial charge in [-0.15, -0.1) is 0 Å². The van der Waals surface area contributed by atoms with Crippen molar-refractivity contribution in [2.24, 2.45) is 11.7 Å². The van der Waals surface area contributed by atoms with Crippen molar-refractivity contribution in [3.8, 4) is 0 Å². The molecule has 1 saturated heterocycles. The second-order valence-corrected chi connectivity index (χ2v) is 7.61. The van der Waals surface area contributed by atoms with Gasteiger partial charge in [-0.3, -0.25) is 4.79 Å². The third-order valence-corrected chi connectivity index (χ3v) is 5.67. The minimum absolute atomic E-state index is 0.188. The van der Waals surface area contributed by atoms with Gasteiger partial charge in [-0.2, -0.15) is 0 Å². The first-order valence-electron chi connectivity index (χ1n) is 9.11. The summed E-state index contributed by atoms with van der Waals surface area (Å²) in [4.78, 5) is 17.2. The minimum atomic E-state index is -0.522. The first kappa shape index (κ1) is 17.9. The Kier molecular flexibility index (Phi) is 4.79. The van der Waals surface area contributed by atoms with Crippen molar-refractivity contribution < 1.29 is 9.18 Å². The van der Waals surface area contributed by atoms with Gasteiger partial charge < -0.3 is 15.6 Å². The first-order chi connectivity index (χ1) is 13.0. The standard InChI is InChI=1S/C21H21ClFN3O/c22-18-12-19-15(10-17(18)21(24)27)11-20(25-19)26-7-5-14(6-8-26)9-13-1-3-16(23)4-2-13/h1-4,10-12,14,25H,5-9H2,(H2,24,27). The highest BCUT2D eigenvalue weighted by molar-refractivity contribution is 6.34. The zero-order valence-corrected chi connectivity index (χ0v) is 15.6. The fraction of sp³-hybridized carbons (Fsp3) is 0.286. The highest BCUT2D eigenvalue weighted by atomic mass is 35.5. The molecule has 6 heteroatoms. The van der Waals surface area contributed by atoms with E-state index in [1.54, 1.807) is 12.1 Å². The molecule has 0 unspecified atom stereocenters. The molecule has 0 saturated carbocycles. The molecule has 0 aliphatic carbocycles. The Morgan fingerprint density at radius 3 is 2.56 bits per heavy atom.